The molecule has 1 atom stereocenters. The van der Waals surface area contributed by atoms with Crippen LogP contribution < -0.4 is 10.1 Å². The van der Waals surface area contributed by atoms with Crippen LogP contribution in [-0.4, -0.2) is 40.5 Å². The molecule has 1 amide bonds. The fraction of sp³-hybridized carbons (Fsp3) is 0.450. The van der Waals surface area contributed by atoms with E-state index >= 15 is 0 Å². The SMILES string of the molecule is CC[C@H](C)NCc1cc2c(nc1OC)CN(CCc1ccccn1)C2=O. The summed E-state index contributed by atoms with van der Waals surface area (Å²) in [5.74, 6) is 0.634. The highest BCUT2D eigenvalue weighted by atomic mass is 16.5. The van der Waals surface area contributed by atoms with Crippen LogP contribution in [0.1, 0.15) is 47.6 Å². The summed E-state index contributed by atoms with van der Waals surface area (Å²) in [6.07, 6.45) is 3.56. The molecule has 0 radical (unpaired) electrons. The van der Waals surface area contributed by atoms with E-state index in [4.69, 9.17) is 4.74 Å². The van der Waals surface area contributed by atoms with Gasteiger partial charge in [0.05, 0.1) is 24.9 Å². The Bertz CT molecular complexity index is 764. The van der Waals surface area contributed by atoms with Crippen molar-refractivity contribution in [3.05, 3.63) is 53.0 Å². The van der Waals surface area contributed by atoms with Crippen molar-refractivity contribution < 1.29 is 9.53 Å². The Kier molecular flexibility index (Phi) is 5.83. The molecule has 2 aromatic rings. The molecule has 6 nitrogen and oxygen atoms in total. The Hall–Kier alpha value is -2.47. The lowest BCUT2D eigenvalue weighted by atomic mass is 10.1. The average Bonchev–Trinajstić information content (AvgIpc) is 2.99. The first-order valence-corrected chi connectivity index (χ1v) is 9.11. The van der Waals surface area contributed by atoms with Crippen molar-refractivity contribution in [3.63, 3.8) is 0 Å². The normalized spacial score (nSPS) is 14.4. The molecule has 0 aliphatic carbocycles. The summed E-state index contributed by atoms with van der Waals surface area (Å²) in [7, 11) is 1.62. The Labute approximate surface area is 154 Å². The molecule has 26 heavy (non-hydrogen) atoms. The Morgan fingerprint density at radius 1 is 1.38 bits per heavy atom. The van der Waals surface area contributed by atoms with Crippen LogP contribution in [0, 0.1) is 0 Å². The Morgan fingerprint density at radius 2 is 2.23 bits per heavy atom. The summed E-state index contributed by atoms with van der Waals surface area (Å²) in [4.78, 5) is 23.5. The summed E-state index contributed by atoms with van der Waals surface area (Å²) in [6.45, 7) is 6.07. The largest absolute Gasteiger partial charge is 0.481 e. The van der Waals surface area contributed by atoms with Gasteiger partial charge >= 0.3 is 0 Å². The molecule has 0 saturated heterocycles. The van der Waals surface area contributed by atoms with E-state index in [0.29, 0.717) is 37.1 Å². The molecule has 0 bridgehead atoms. The molecular weight excluding hydrogens is 328 g/mol. The van der Waals surface area contributed by atoms with Gasteiger partial charge in [-0.2, -0.15) is 0 Å². The predicted octanol–water partition coefficient (Wildman–Crippen LogP) is 2.57. The van der Waals surface area contributed by atoms with Crippen LogP contribution in [0.15, 0.2) is 30.5 Å². The molecule has 0 unspecified atom stereocenters. The molecular formula is C20H26N4O2. The van der Waals surface area contributed by atoms with Crippen molar-refractivity contribution in [3.8, 4) is 5.88 Å². The monoisotopic (exact) mass is 354 g/mol. The van der Waals surface area contributed by atoms with E-state index in [9.17, 15) is 4.79 Å². The maximum absolute atomic E-state index is 12.8. The molecule has 1 N–H and O–H groups in total. The van der Waals surface area contributed by atoms with Gasteiger partial charge in [-0.15, -0.1) is 0 Å². The molecule has 3 heterocycles. The lowest BCUT2D eigenvalue weighted by Gasteiger charge is -2.14. The summed E-state index contributed by atoms with van der Waals surface area (Å²) in [5, 5.41) is 3.43. The standard InChI is InChI=1S/C20H26N4O2/c1-4-14(2)22-12-15-11-17-18(23-19(15)26-3)13-24(20(17)25)10-8-16-7-5-6-9-21-16/h5-7,9,11,14,22H,4,8,10,12-13H2,1-3H3/t14-/m0/s1. The van der Waals surface area contributed by atoms with E-state index in [-0.39, 0.29) is 5.91 Å². The second kappa shape index (κ2) is 8.27. The Morgan fingerprint density at radius 3 is 2.92 bits per heavy atom. The van der Waals surface area contributed by atoms with Crippen molar-refractivity contribution in [2.45, 2.75) is 45.8 Å². The zero-order valence-electron chi connectivity index (χ0n) is 15.7. The Balaban J connectivity index is 1.72. The van der Waals surface area contributed by atoms with Crippen molar-refractivity contribution in [1.29, 1.82) is 0 Å². The van der Waals surface area contributed by atoms with Crippen LogP contribution in [0.5, 0.6) is 5.88 Å². The van der Waals surface area contributed by atoms with Gasteiger partial charge in [-0.3, -0.25) is 9.78 Å². The maximum atomic E-state index is 12.8. The molecule has 3 rings (SSSR count). The van der Waals surface area contributed by atoms with Gasteiger partial charge in [0.1, 0.15) is 0 Å². The molecule has 0 saturated carbocycles. The zero-order chi connectivity index (χ0) is 18.5. The van der Waals surface area contributed by atoms with E-state index in [2.05, 4.69) is 29.1 Å². The average molecular weight is 354 g/mol. The number of fused-ring (bicyclic) bond motifs is 1. The van der Waals surface area contributed by atoms with Crippen LogP contribution >= 0.6 is 0 Å². The topological polar surface area (TPSA) is 67.4 Å². The molecule has 0 aromatic carbocycles. The molecule has 1 aliphatic rings. The number of nitrogens with zero attached hydrogens (tertiary/aromatic N) is 3. The van der Waals surface area contributed by atoms with Gasteiger partial charge in [0, 0.05) is 43.0 Å². The van der Waals surface area contributed by atoms with Gasteiger partial charge in [-0.25, -0.2) is 4.98 Å². The molecule has 2 aromatic heterocycles. The van der Waals surface area contributed by atoms with Gasteiger partial charge in [0.15, 0.2) is 0 Å². The van der Waals surface area contributed by atoms with E-state index in [1.165, 1.54) is 0 Å². The molecule has 138 valence electrons. The number of pyridine rings is 2. The maximum Gasteiger partial charge on any atom is 0.256 e. The van der Waals surface area contributed by atoms with Crippen molar-refractivity contribution in [2.75, 3.05) is 13.7 Å². The number of carbonyl (C=O) groups excluding carboxylic acids is 1. The van der Waals surface area contributed by atoms with Crippen LogP contribution in [0.25, 0.3) is 0 Å². The molecule has 1 aliphatic heterocycles. The first-order valence-electron chi connectivity index (χ1n) is 9.11. The summed E-state index contributed by atoms with van der Waals surface area (Å²) in [6, 6.07) is 8.17. The third kappa shape index (κ3) is 4.02. The molecule has 0 fully saturated rings. The number of ether oxygens (including phenoxy) is 1. The van der Waals surface area contributed by atoms with E-state index in [1.807, 2.05) is 29.2 Å². The minimum atomic E-state index is 0.0378. The lowest BCUT2D eigenvalue weighted by Crippen LogP contribution is -2.26. The summed E-state index contributed by atoms with van der Waals surface area (Å²) < 4.78 is 5.45. The number of amides is 1. The van der Waals surface area contributed by atoms with Crippen LogP contribution in [0.2, 0.25) is 0 Å². The third-order valence-electron chi connectivity index (χ3n) is 4.81. The third-order valence-corrected chi connectivity index (χ3v) is 4.81. The van der Waals surface area contributed by atoms with Crippen molar-refractivity contribution in [1.82, 2.24) is 20.2 Å². The van der Waals surface area contributed by atoms with Crippen LogP contribution in [-0.2, 0) is 19.5 Å². The van der Waals surface area contributed by atoms with Crippen LogP contribution in [0.3, 0.4) is 0 Å². The minimum Gasteiger partial charge on any atom is -0.481 e. The fourth-order valence-corrected chi connectivity index (χ4v) is 3.01. The fourth-order valence-electron chi connectivity index (χ4n) is 3.01. The summed E-state index contributed by atoms with van der Waals surface area (Å²) >= 11 is 0. The highest BCUT2D eigenvalue weighted by molar-refractivity contribution is 5.98. The minimum absolute atomic E-state index is 0.0378. The van der Waals surface area contributed by atoms with E-state index in [0.717, 1.165) is 29.8 Å². The highest BCUT2D eigenvalue weighted by Crippen LogP contribution is 2.27. The second-order valence-electron chi connectivity index (χ2n) is 6.64. The number of hydrogen-bond acceptors (Lipinski definition) is 5. The van der Waals surface area contributed by atoms with E-state index < -0.39 is 0 Å². The number of rotatable bonds is 8. The lowest BCUT2D eigenvalue weighted by molar-refractivity contribution is 0.0779. The predicted molar refractivity (Wildman–Crippen MR) is 100 cm³/mol. The molecule has 0 spiro atoms. The van der Waals surface area contributed by atoms with E-state index in [1.54, 1.807) is 13.3 Å². The van der Waals surface area contributed by atoms with Gasteiger partial charge in [-0.05, 0) is 31.5 Å². The highest BCUT2D eigenvalue weighted by Gasteiger charge is 2.30. The number of carbonyl (C=O) groups is 1. The number of aromatic nitrogens is 2. The smallest absolute Gasteiger partial charge is 0.256 e. The number of methoxy groups -OCH3 is 1. The van der Waals surface area contributed by atoms with Crippen LogP contribution in [0.4, 0.5) is 0 Å². The molecule has 6 heteroatoms. The quantitative estimate of drug-likeness (QED) is 0.789. The first kappa shape index (κ1) is 18.3. The van der Waals surface area contributed by atoms with Gasteiger partial charge in [-0.1, -0.05) is 13.0 Å². The van der Waals surface area contributed by atoms with Crippen molar-refractivity contribution >= 4 is 5.91 Å². The number of nitrogens with one attached hydrogen (secondary N) is 1. The van der Waals surface area contributed by atoms with Gasteiger partial charge in [0.2, 0.25) is 5.88 Å². The van der Waals surface area contributed by atoms with Crippen molar-refractivity contribution in [2.24, 2.45) is 0 Å². The first-order chi connectivity index (χ1) is 12.6. The summed E-state index contributed by atoms with van der Waals surface area (Å²) in [5.41, 5.74) is 3.39. The van der Waals surface area contributed by atoms with Gasteiger partial charge in [0.25, 0.3) is 5.91 Å². The number of hydrogen-bond donors (Lipinski definition) is 1. The zero-order valence-corrected chi connectivity index (χ0v) is 15.7. The second-order valence-corrected chi connectivity index (χ2v) is 6.64. The van der Waals surface area contributed by atoms with Gasteiger partial charge < -0.3 is 15.0 Å².